The maximum Gasteiger partial charge on any atom is 0.251 e. The lowest BCUT2D eigenvalue weighted by atomic mass is 10.1. The van der Waals surface area contributed by atoms with E-state index in [1.165, 1.54) is 11.3 Å². The van der Waals surface area contributed by atoms with Gasteiger partial charge in [0.15, 0.2) is 0 Å². The standard InChI is InChI=1S/C15H17BrN2O2/c16-11-4-6-12(7-5-11)18-14(19)10-13(15(18)20)17-8-2-1-3-9-17/h4-7,13H,1-3,8-10H2. The van der Waals surface area contributed by atoms with Crippen molar-refractivity contribution in [2.75, 3.05) is 18.0 Å². The highest BCUT2D eigenvalue weighted by atomic mass is 79.9. The maximum absolute atomic E-state index is 12.6. The van der Waals surface area contributed by atoms with Crippen LogP contribution in [0.1, 0.15) is 25.7 Å². The van der Waals surface area contributed by atoms with Crippen molar-refractivity contribution >= 4 is 33.4 Å². The van der Waals surface area contributed by atoms with Crippen LogP contribution in [0, 0.1) is 0 Å². The summed E-state index contributed by atoms with van der Waals surface area (Å²) in [5, 5.41) is 0. The molecule has 0 N–H and O–H groups in total. The van der Waals surface area contributed by atoms with Gasteiger partial charge in [-0.05, 0) is 50.2 Å². The topological polar surface area (TPSA) is 40.6 Å². The molecule has 0 saturated carbocycles. The van der Waals surface area contributed by atoms with Gasteiger partial charge >= 0.3 is 0 Å². The number of carbonyl (C=O) groups excluding carboxylic acids is 2. The Morgan fingerprint density at radius 1 is 1.00 bits per heavy atom. The molecule has 2 heterocycles. The van der Waals surface area contributed by atoms with Crippen molar-refractivity contribution in [2.45, 2.75) is 31.7 Å². The van der Waals surface area contributed by atoms with E-state index in [4.69, 9.17) is 0 Å². The number of likely N-dealkylation sites (tertiary alicyclic amines) is 1. The maximum atomic E-state index is 12.6. The molecule has 0 spiro atoms. The van der Waals surface area contributed by atoms with Gasteiger partial charge in [0.2, 0.25) is 5.91 Å². The summed E-state index contributed by atoms with van der Waals surface area (Å²) in [4.78, 5) is 28.3. The monoisotopic (exact) mass is 336 g/mol. The van der Waals surface area contributed by atoms with Gasteiger partial charge in [0.05, 0.1) is 18.2 Å². The third kappa shape index (κ3) is 2.52. The van der Waals surface area contributed by atoms with Crippen molar-refractivity contribution in [1.29, 1.82) is 0 Å². The third-order valence-electron chi connectivity index (χ3n) is 4.04. The van der Waals surface area contributed by atoms with E-state index >= 15 is 0 Å². The van der Waals surface area contributed by atoms with E-state index < -0.39 is 0 Å². The molecule has 3 rings (SSSR count). The quantitative estimate of drug-likeness (QED) is 0.779. The SMILES string of the molecule is O=C1CC(N2CCCCC2)C(=O)N1c1ccc(Br)cc1. The van der Waals surface area contributed by atoms with E-state index in [0.29, 0.717) is 12.1 Å². The van der Waals surface area contributed by atoms with Gasteiger partial charge < -0.3 is 0 Å². The first-order valence-electron chi connectivity index (χ1n) is 7.03. The Balaban J connectivity index is 1.81. The predicted molar refractivity (Wildman–Crippen MR) is 80.5 cm³/mol. The van der Waals surface area contributed by atoms with Gasteiger partial charge in [0.1, 0.15) is 0 Å². The van der Waals surface area contributed by atoms with Crippen LogP contribution in [0.25, 0.3) is 0 Å². The van der Waals surface area contributed by atoms with Crippen molar-refractivity contribution in [3.05, 3.63) is 28.7 Å². The number of rotatable bonds is 2. The summed E-state index contributed by atoms with van der Waals surface area (Å²) in [5.41, 5.74) is 0.669. The summed E-state index contributed by atoms with van der Waals surface area (Å²) in [7, 11) is 0. The van der Waals surface area contributed by atoms with Crippen LogP contribution in [0.4, 0.5) is 5.69 Å². The zero-order valence-corrected chi connectivity index (χ0v) is 12.8. The second-order valence-electron chi connectivity index (χ2n) is 5.36. The fraction of sp³-hybridized carbons (Fsp3) is 0.467. The molecule has 1 aromatic rings. The van der Waals surface area contributed by atoms with E-state index in [2.05, 4.69) is 20.8 Å². The van der Waals surface area contributed by atoms with Crippen LogP contribution < -0.4 is 4.90 Å². The van der Waals surface area contributed by atoms with Crippen LogP contribution in [-0.2, 0) is 9.59 Å². The van der Waals surface area contributed by atoms with Crippen LogP contribution in [0.5, 0.6) is 0 Å². The van der Waals surface area contributed by atoms with Crippen LogP contribution in [0.2, 0.25) is 0 Å². The summed E-state index contributed by atoms with van der Waals surface area (Å²) in [6.45, 7) is 1.86. The molecule has 0 aromatic heterocycles. The minimum absolute atomic E-state index is 0.0702. The summed E-state index contributed by atoms with van der Waals surface area (Å²) >= 11 is 3.36. The van der Waals surface area contributed by atoms with Gasteiger partial charge in [-0.2, -0.15) is 0 Å². The van der Waals surface area contributed by atoms with Gasteiger partial charge in [0.25, 0.3) is 5.91 Å². The van der Waals surface area contributed by atoms with Crippen LogP contribution in [0.3, 0.4) is 0 Å². The molecule has 2 aliphatic rings. The lowest BCUT2D eigenvalue weighted by Gasteiger charge is -2.30. The number of amides is 2. The highest BCUT2D eigenvalue weighted by molar-refractivity contribution is 9.10. The van der Waals surface area contributed by atoms with Gasteiger partial charge in [-0.3, -0.25) is 14.5 Å². The van der Waals surface area contributed by atoms with Crippen molar-refractivity contribution in [1.82, 2.24) is 4.90 Å². The molecule has 20 heavy (non-hydrogen) atoms. The Kier molecular flexibility index (Phi) is 3.89. The fourth-order valence-electron chi connectivity index (χ4n) is 2.99. The van der Waals surface area contributed by atoms with E-state index in [0.717, 1.165) is 30.4 Å². The number of hydrogen-bond acceptors (Lipinski definition) is 3. The first-order chi connectivity index (χ1) is 9.66. The Morgan fingerprint density at radius 3 is 2.30 bits per heavy atom. The molecule has 5 heteroatoms. The third-order valence-corrected chi connectivity index (χ3v) is 4.57. The molecule has 2 fully saturated rings. The van der Waals surface area contributed by atoms with Crippen molar-refractivity contribution < 1.29 is 9.59 Å². The number of carbonyl (C=O) groups is 2. The number of halogens is 1. The van der Waals surface area contributed by atoms with Crippen LogP contribution in [0.15, 0.2) is 28.7 Å². The number of piperidine rings is 1. The molecular weight excluding hydrogens is 320 g/mol. The predicted octanol–water partition coefficient (Wildman–Crippen LogP) is 2.57. The second-order valence-corrected chi connectivity index (χ2v) is 6.28. The fourth-order valence-corrected chi connectivity index (χ4v) is 3.26. The van der Waals surface area contributed by atoms with Gasteiger partial charge in [-0.15, -0.1) is 0 Å². The van der Waals surface area contributed by atoms with Crippen molar-refractivity contribution in [2.24, 2.45) is 0 Å². The number of anilines is 1. The molecule has 106 valence electrons. The molecule has 0 aliphatic carbocycles. The normalized spacial score (nSPS) is 24.4. The molecule has 2 amide bonds. The highest BCUT2D eigenvalue weighted by Gasteiger charge is 2.42. The van der Waals surface area contributed by atoms with Crippen molar-refractivity contribution in [3.63, 3.8) is 0 Å². The molecule has 2 saturated heterocycles. The van der Waals surface area contributed by atoms with Crippen LogP contribution >= 0.6 is 15.9 Å². The van der Waals surface area contributed by atoms with Gasteiger partial charge in [-0.1, -0.05) is 22.4 Å². The summed E-state index contributed by atoms with van der Waals surface area (Å²) in [5.74, 6) is -0.160. The Morgan fingerprint density at radius 2 is 1.65 bits per heavy atom. The van der Waals surface area contributed by atoms with E-state index in [1.807, 2.05) is 12.1 Å². The van der Waals surface area contributed by atoms with E-state index in [1.54, 1.807) is 12.1 Å². The molecule has 1 unspecified atom stereocenters. The largest absolute Gasteiger partial charge is 0.292 e. The minimum atomic E-state index is -0.258. The Hall–Kier alpha value is -1.20. The number of benzene rings is 1. The number of nitrogens with zero attached hydrogens (tertiary/aromatic N) is 2. The Labute approximate surface area is 126 Å². The second kappa shape index (κ2) is 5.66. The van der Waals surface area contributed by atoms with Gasteiger partial charge in [0, 0.05) is 4.47 Å². The van der Waals surface area contributed by atoms with Gasteiger partial charge in [-0.25, -0.2) is 4.90 Å². The highest BCUT2D eigenvalue weighted by Crippen LogP contribution is 2.28. The molecule has 2 aliphatic heterocycles. The molecule has 0 radical (unpaired) electrons. The molecule has 4 nitrogen and oxygen atoms in total. The first kappa shape index (κ1) is 13.8. The van der Waals surface area contributed by atoms with Crippen LogP contribution in [-0.4, -0.2) is 35.8 Å². The summed E-state index contributed by atoms with van der Waals surface area (Å²) < 4.78 is 0.938. The molecular formula is C15H17BrN2O2. The molecule has 1 atom stereocenters. The average Bonchev–Trinajstić information content (AvgIpc) is 2.76. The van der Waals surface area contributed by atoms with E-state index in [-0.39, 0.29) is 17.9 Å². The van der Waals surface area contributed by atoms with Crippen molar-refractivity contribution in [3.8, 4) is 0 Å². The lowest BCUT2D eigenvalue weighted by molar-refractivity contribution is -0.123. The van der Waals surface area contributed by atoms with E-state index in [9.17, 15) is 9.59 Å². The summed E-state index contributed by atoms with van der Waals surface area (Å²) in [6, 6.07) is 7.05. The smallest absolute Gasteiger partial charge is 0.251 e. The number of hydrogen-bond donors (Lipinski definition) is 0. The molecule has 0 bridgehead atoms. The summed E-state index contributed by atoms with van der Waals surface area (Å²) in [6.07, 6.45) is 3.78. The first-order valence-corrected chi connectivity index (χ1v) is 7.82. The Bertz CT molecular complexity index is 523. The minimum Gasteiger partial charge on any atom is -0.292 e. The zero-order valence-electron chi connectivity index (χ0n) is 11.2. The average molecular weight is 337 g/mol. The molecule has 1 aromatic carbocycles. The zero-order chi connectivity index (χ0) is 14.1. The number of imide groups is 1. The lowest BCUT2D eigenvalue weighted by Crippen LogP contribution is -2.44.